The van der Waals surface area contributed by atoms with E-state index in [1.807, 2.05) is 35.2 Å². The monoisotopic (exact) mass is 622 g/mol. The third-order valence-corrected chi connectivity index (χ3v) is 10.4. The number of carbonyl (C=O) groups is 2. The molecule has 0 bridgehead atoms. The molecule has 38 heavy (non-hydrogen) atoms. The number of hydrogen-bond donors (Lipinski definition) is 0. The van der Waals surface area contributed by atoms with Crippen molar-refractivity contribution >= 4 is 60.7 Å². The molecule has 0 N–H and O–H groups in total. The molecule has 5 rings (SSSR count). The van der Waals surface area contributed by atoms with E-state index < -0.39 is 10.0 Å². The Bertz CT molecular complexity index is 1350. The fourth-order valence-corrected chi connectivity index (χ4v) is 8.44. The minimum absolute atomic E-state index is 0.00553. The van der Waals surface area contributed by atoms with E-state index in [0.29, 0.717) is 80.1 Å². The van der Waals surface area contributed by atoms with Gasteiger partial charge in [-0.25, -0.2) is 8.42 Å². The summed E-state index contributed by atoms with van der Waals surface area (Å²) in [6.45, 7) is 5.25. The van der Waals surface area contributed by atoms with Crippen molar-refractivity contribution in [2.45, 2.75) is 37.5 Å². The summed E-state index contributed by atoms with van der Waals surface area (Å²) in [5.41, 5.74) is 2.30. The topological polar surface area (TPSA) is 81.2 Å². The van der Waals surface area contributed by atoms with Crippen LogP contribution in [0.15, 0.2) is 45.8 Å². The first-order valence-electron chi connectivity index (χ1n) is 13.1. The van der Waals surface area contributed by atoms with Crippen LogP contribution in [0.2, 0.25) is 5.02 Å². The molecule has 1 atom stereocenters. The Morgan fingerprint density at radius 2 is 1.79 bits per heavy atom. The summed E-state index contributed by atoms with van der Waals surface area (Å²) in [7, 11) is -3.92. The van der Waals surface area contributed by atoms with E-state index in [0.717, 1.165) is 11.3 Å². The number of piperidine rings is 1. The Hall–Kier alpha value is -2.14. The molecule has 2 amide bonds. The van der Waals surface area contributed by atoms with E-state index in [9.17, 15) is 18.0 Å². The Kier molecular flexibility index (Phi) is 8.05. The molecule has 204 valence electrons. The highest BCUT2D eigenvalue weighted by molar-refractivity contribution is 9.10. The summed E-state index contributed by atoms with van der Waals surface area (Å²) in [6, 6.07) is 11.2. The van der Waals surface area contributed by atoms with E-state index in [2.05, 4.69) is 20.8 Å². The minimum atomic E-state index is -3.92. The van der Waals surface area contributed by atoms with Crippen molar-refractivity contribution in [3.63, 3.8) is 0 Å². The number of halogens is 2. The first-order valence-corrected chi connectivity index (χ1v) is 15.7. The van der Waals surface area contributed by atoms with Crippen LogP contribution in [0, 0.1) is 5.92 Å². The zero-order chi connectivity index (χ0) is 27.0. The molecule has 0 aromatic heterocycles. The molecule has 0 radical (unpaired) electrons. The van der Waals surface area contributed by atoms with Crippen molar-refractivity contribution in [2.75, 3.05) is 55.6 Å². The Morgan fingerprint density at radius 3 is 2.50 bits per heavy atom. The van der Waals surface area contributed by atoms with Crippen LogP contribution < -0.4 is 9.80 Å². The number of hydrogen-bond acceptors (Lipinski definition) is 5. The van der Waals surface area contributed by atoms with Crippen LogP contribution in [-0.2, 0) is 26.0 Å². The van der Waals surface area contributed by atoms with E-state index in [-0.39, 0.29) is 29.2 Å². The molecule has 2 aromatic rings. The highest BCUT2D eigenvalue weighted by Crippen LogP contribution is 2.40. The number of sulfonamides is 1. The van der Waals surface area contributed by atoms with Crippen LogP contribution in [0.4, 0.5) is 11.4 Å². The summed E-state index contributed by atoms with van der Waals surface area (Å²) in [5.74, 6) is -0.477. The van der Waals surface area contributed by atoms with Crippen molar-refractivity contribution in [1.29, 1.82) is 0 Å². The number of piperazine rings is 1. The lowest BCUT2D eigenvalue weighted by Crippen LogP contribution is -2.53. The minimum Gasteiger partial charge on any atom is -0.367 e. The van der Waals surface area contributed by atoms with Gasteiger partial charge < -0.3 is 14.7 Å². The molecule has 0 unspecified atom stereocenters. The number of amides is 2. The third-order valence-electron chi connectivity index (χ3n) is 7.73. The standard InChI is InChI=1S/C27H32BrClN4O4S/c1-2-25(34)33-11-9-19-16-21(28)17-24(26(19)33)38(36,37)32-10-5-6-20(18-32)27(35)31-14-12-30(13-15-31)23-8-4-3-7-22(23)29/h3-4,7-8,16-17,20H,2,5-6,9-15,18H2,1H3/t20-/m1/s1. The summed E-state index contributed by atoms with van der Waals surface area (Å²) in [4.78, 5) is 31.9. The van der Waals surface area contributed by atoms with Gasteiger partial charge in [0.15, 0.2) is 0 Å². The van der Waals surface area contributed by atoms with Crippen LogP contribution in [0.25, 0.3) is 0 Å². The fourth-order valence-electron chi connectivity index (χ4n) is 5.74. The maximum absolute atomic E-state index is 14.0. The van der Waals surface area contributed by atoms with Crippen molar-refractivity contribution in [1.82, 2.24) is 9.21 Å². The normalized spacial score (nSPS) is 20.5. The quantitative estimate of drug-likeness (QED) is 0.500. The number of fused-ring (bicyclic) bond motifs is 1. The van der Waals surface area contributed by atoms with Crippen molar-refractivity contribution < 1.29 is 18.0 Å². The molecule has 3 aliphatic rings. The van der Waals surface area contributed by atoms with Crippen LogP contribution in [0.5, 0.6) is 0 Å². The zero-order valence-electron chi connectivity index (χ0n) is 21.4. The molecular formula is C27H32BrClN4O4S. The first kappa shape index (κ1) is 27.4. The summed E-state index contributed by atoms with van der Waals surface area (Å²) < 4.78 is 30.0. The smallest absolute Gasteiger partial charge is 0.245 e. The predicted molar refractivity (Wildman–Crippen MR) is 152 cm³/mol. The largest absolute Gasteiger partial charge is 0.367 e. The van der Waals surface area contributed by atoms with Gasteiger partial charge in [0.2, 0.25) is 21.8 Å². The summed E-state index contributed by atoms with van der Waals surface area (Å²) >= 11 is 9.82. The highest BCUT2D eigenvalue weighted by Gasteiger charge is 2.39. The molecular weight excluding hydrogens is 592 g/mol. The molecule has 8 nitrogen and oxygen atoms in total. The first-order chi connectivity index (χ1) is 18.2. The van der Waals surface area contributed by atoms with Gasteiger partial charge >= 0.3 is 0 Å². The molecule has 2 saturated heterocycles. The third kappa shape index (κ3) is 5.20. The second-order valence-corrected chi connectivity index (χ2v) is 13.3. The maximum atomic E-state index is 14.0. The fraction of sp³-hybridized carbons (Fsp3) is 0.481. The number of nitrogens with zero attached hydrogens (tertiary/aromatic N) is 4. The summed E-state index contributed by atoms with van der Waals surface area (Å²) in [6.07, 6.45) is 2.19. The van der Waals surface area contributed by atoms with E-state index >= 15 is 0 Å². The van der Waals surface area contributed by atoms with E-state index in [1.54, 1.807) is 17.9 Å². The Labute approximate surface area is 237 Å². The van der Waals surface area contributed by atoms with E-state index in [1.165, 1.54) is 4.31 Å². The van der Waals surface area contributed by atoms with Gasteiger partial charge in [-0.3, -0.25) is 9.59 Å². The second-order valence-electron chi connectivity index (χ2n) is 10.0. The number of para-hydroxylation sites is 1. The molecule has 0 saturated carbocycles. The number of anilines is 2. The Balaban J connectivity index is 1.31. The van der Waals surface area contributed by atoms with Gasteiger partial charge in [-0.05, 0) is 49.1 Å². The molecule has 0 spiro atoms. The number of carbonyl (C=O) groups excluding carboxylic acids is 2. The van der Waals surface area contributed by atoms with Gasteiger partial charge in [0.05, 0.1) is 22.3 Å². The second kappa shape index (κ2) is 11.2. The van der Waals surface area contributed by atoms with Gasteiger partial charge in [0, 0.05) is 56.7 Å². The average molecular weight is 624 g/mol. The highest BCUT2D eigenvalue weighted by atomic mass is 79.9. The summed E-state index contributed by atoms with van der Waals surface area (Å²) in [5, 5.41) is 0.693. The average Bonchev–Trinajstić information content (AvgIpc) is 3.36. The number of rotatable bonds is 5. The van der Waals surface area contributed by atoms with Gasteiger partial charge in [0.25, 0.3) is 0 Å². The lowest BCUT2D eigenvalue weighted by atomic mass is 9.97. The maximum Gasteiger partial charge on any atom is 0.245 e. The zero-order valence-corrected chi connectivity index (χ0v) is 24.6. The van der Waals surface area contributed by atoms with Gasteiger partial charge in [-0.2, -0.15) is 4.31 Å². The van der Waals surface area contributed by atoms with Crippen LogP contribution in [0.1, 0.15) is 31.7 Å². The molecule has 3 heterocycles. The number of benzene rings is 2. The predicted octanol–water partition coefficient (Wildman–Crippen LogP) is 4.15. The Morgan fingerprint density at radius 1 is 1.05 bits per heavy atom. The van der Waals surface area contributed by atoms with Crippen LogP contribution in [0.3, 0.4) is 0 Å². The van der Waals surface area contributed by atoms with Crippen molar-refractivity contribution in [3.8, 4) is 0 Å². The van der Waals surface area contributed by atoms with Crippen LogP contribution >= 0.6 is 27.5 Å². The van der Waals surface area contributed by atoms with Gasteiger partial charge in [-0.15, -0.1) is 0 Å². The molecule has 3 aliphatic heterocycles. The molecule has 2 fully saturated rings. The lowest BCUT2D eigenvalue weighted by Gasteiger charge is -2.39. The molecule has 11 heteroatoms. The van der Waals surface area contributed by atoms with Crippen molar-refractivity contribution in [3.05, 3.63) is 51.5 Å². The SMILES string of the molecule is CCC(=O)N1CCc2cc(Br)cc(S(=O)(=O)N3CCC[C@@H](C(=O)N4CCN(c5ccccc5Cl)CC4)C3)c21. The van der Waals surface area contributed by atoms with Crippen molar-refractivity contribution in [2.24, 2.45) is 5.92 Å². The van der Waals surface area contributed by atoms with Crippen LogP contribution in [-0.4, -0.2) is 75.3 Å². The lowest BCUT2D eigenvalue weighted by molar-refractivity contribution is -0.137. The van der Waals surface area contributed by atoms with E-state index in [4.69, 9.17) is 11.6 Å². The van der Waals surface area contributed by atoms with Gasteiger partial charge in [0.1, 0.15) is 4.90 Å². The van der Waals surface area contributed by atoms with Gasteiger partial charge in [-0.1, -0.05) is 46.6 Å². The molecule has 0 aliphatic carbocycles. The molecule has 2 aromatic carbocycles.